The highest BCUT2D eigenvalue weighted by Gasteiger charge is 2.17. The number of hydrogen-bond acceptors (Lipinski definition) is 5. The number of rotatable bonds is 4. The van der Waals surface area contributed by atoms with Gasteiger partial charge in [-0.05, 0) is 51.7 Å². The smallest absolute Gasteiger partial charge is 0.413 e. The first kappa shape index (κ1) is 18.2. The Morgan fingerprint density at radius 2 is 2.00 bits per heavy atom. The lowest BCUT2D eigenvalue weighted by Gasteiger charge is -2.22. The normalized spacial score (nSPS) is 15.6. The molecule has 1 saturated heterocycles. The van der Waals surface area contributed by atoms with E-state index in [4.69, 9.17) is 9.47 Å². The Bertz CT molecular complexity index is 560. The van der Waals surface area contributed by atoms with E-state index in [0.29, 0.717) is 23.8 Å². The molecule has 0 atom stereocenters. The summed E-state index contributed by atoms with van der Waals surface area (Å²) in [5, 5.41) is 5.44. The highest BCUT2D eigenvalue weighted by molar-refractivity contribution is 5.94. The van der Waals surface area contributed by atoms with E-state index in [1.165, 1.54) is 6.20 Å². The van der Waals surface area contributed by atoms with Crippen molar-refractivity contribution in [3.63, 3.8) is 0 Å². The molecule has 2 rings (SSSR count). The van der Waals surface area contributed by atoms with Crippen molar-refractivity contribution in [2.24, 2.45) is 5.92 Å². The molecule has 2 N–H and O–H groups in total. The summed E-state index contributed by atoms with van der Waals surface area (Å²) in [5.41, 5.74) is -0.120. The van der Waals surface area contributed by atoms with Crippen LogP contribution in [0.3, 0.4) is 0 Å². The molecule has 24 heavy (non-hydrogen) atoms. The molecule has 1 aromatic rings. The Labute approximate surface area is 142 Å². The highest BCUT2D eigenvalue weighted by atomic mass is 16.6. The Kier molecular flexibility index (Phi) is 6.14. The molecular weight excluding hydrogens is 310 g/mol. The highest BCUT2D eigenvalue weighted by Crippen LogP contribution is 2.14. The maximum absolute atomic E-state index is 12.1. The van der Waals surface area contributed by atoms with Crippen molar-refractivity contribution >= 4 is 17.8 Å². The van der Waals surface area contributed by atoms with Crippen LogP contribution in [-0.2, 0) is 9.47 Å². The fraction of sp³-hybridized carbons (Fsp3) is 0.588. The van der Waals surface area contributed by atoms with Gasteiger partial charge < -0.3 is 14.8 Å². The van der Waals surface area contributed by atoms with Crippen molar-refractivity contribution in [3.8, 4) is 0 Å². The van der Waals surface area contributed by atoms with E-state index in [1.807, 2.05) is 0 Å². The van der Waals surface area contributed by atoms with Crippen molar-refractivity contribution in [1.29, 1.82) is 0 Å². The van der Waals surface area contributed by atoms with Gasteiger partial charge in [0.2, 0.25) is 0 Å². The van der Waals surface area contributed by atoms with Crippen molar-refractivity contribution in [1.82, 2.24) is 10.3 Å². The second-order valence-electron chi connectivity index (χ2n) is 6.82. The number of amides is 2. The van der Waals surface area contributed by atoms with Gasteiger partial charge in [0.25, 0.3) is 5.91 Å². The van der Waals surface area contributed by atoms with Gasteiger partial charge in [-0.1, -0.05) is 0 Å². The number of carbonyl (C=O) groups is 2. The zero-order valence-electron chi connectivity index (χ0n) is 14.4. The van der Waals surface area contributed by atoms with Crippen LogP contribution in [0.5, 0.6) is 0 Å². The number of nitrogens with zero attached hydrogens (tertiary/aromatic N) is 1. The third-order valence-corrected chi connectivity index (χ3v) is 3.55. The number of hydrogen-bond donors (Lipinski definition) is 2. The third kappa shape index (κ3) is 6.16. The average molecular weight is 335 g/mol. The number of pyridine rings is 1. The zero-order valence-corrected chi connectivity index (χ0v) is 14.4. The molecule has 0 bridgehead atoms. The van der Waals surface area contributed by atoms with Crippen molar-refractivity contribution in [3.05, 3.63) is 23.9 Å². The number of nitrogens with one attached hydrogen (secondary N) is 2. The quantitative estimate of drug-likeness (QED) is 0.883. The van der Waals surface area contributed by atoms with Gasteiger partial charge in [-0.25, -0.2) is 9.78 Å². The van der Waals surface area contributed by atoms with Crippen LogP contribution in [0.15, 0.2) is 18.3 Å². The summed E-state index contributed by atoms with van der Waals surface area (Å²) >= 11 is 0. The van der Waals surface area contributed by atoms with Gasteiger partial charge in [0, 0.05) is 26.0 Å². The maximum Gasteiger partial charge on any atom is 0.413 e. The number of carbonyl (C=O) groups excluding carboxylic acids is 2. The topological polar surface area (TPSA) is 89.5 Å². The minimum absolute atomic E-state index is 0.169. The fourth-order valence-electron chi connectivity index (χ4n) is 2.30. The summed E-state index contributed by atoms with van der Waals surface area (Å²) in [5.74, 6) is 0.631. The van der Waals surface area contributed by atoms with Crippen LogP contribution < -0.4 is 10.6 Å². The summed E-state index contributed by atoms with van der Waals surface area (Å²) < 4.78 is 10.4. The molecule has 1 aliphatic rings. The van der Waals surface area contributed by atoms with Crippen molar-refractivity contribution in [2.45, 2.75) is 39.2 Å². The Morgan fingerprint density at radius 1 is 1.29 bits per heavy atom. The molecule has 0 aromatic carbocycles. The second-order valence-corrected chi connectivity index (χ2v) is 6.82. The first-order chi connectivity index (χ1) is 11.3. The molecule has 0 spiro atoms. The van der Waals surface area contributed by atoms with E-state index < -0.39 is 11.7 Å². The summed E-state index contributed by atoms with van der Waals surface area (Å²) in [4.78, 5) is 27.8. The van der Waals surface area contributed by atoms with Crippen LogP contribution in [0.1, 0.15) is 44.0 Å². The van der Waals surface area contributed by atoms with E-state index in [2.05, 4.69) is 15.6 Å². The average Bonchev–Trinajstić information content (AvgIpc) is 2.52. The van der Waals surface area contributed by atoms with Gasteiger partial charge in [0.1, 0.15) is 11.4 Å². The van der Waals surface area contributed by atoms with Crippen LogP contribution >= 0.6 is 0 Å². The molecule has 0 unspecified atom stereocenters. The van der Waals surface area contributed by atoms with E-state index in [-0.39, 0.29) is 5.91 Å². The maximum atomic E-state index is 12.1. The van der Waals surface area contributed by atoms with Crippen LogP contribution in [0, 0.1) is 5.92 Å². The van der Waals surface area contributed by atoms with Gasteiger partial charge in [0.05, 0.1) is 5.56 Å². The van der Waals surface area contributed by atoms with Crippen LogP contribution in [-0.4, -0.2) is 42.3 Å². The third-order valence-electron chi connectivity index (χ3n) is 3.55. The lowest BCUT2D eigenvalue weighted by Crippen LogP contribution is -2.32. The molecule has 7 heteroatoms. The van der Waals surface area contributed by atoms with Gasteiger partial charge in [-0.2, -0.15) is 0 Å². The van der Waals surface area contributed by atoms with E-state index in [0.717, 1.165) is 26.1 Å². The first-order valence-corrected chi connectivity index (χ1v) is 8.15. The Balaban J connectivity index is 1.82. The summed E-state index contributed by atoms with van der Waals surface area (Å²) in [6, 6.07) is 3.20. The van der Waals surface area contributed by atoms with Gasteiger partial charge in [0.15, 0.2) is 0 Å². The monoisotopic (exact) mass is 335 g/mol. The molecule has 1 aliphatic heterocycles. The Morgan fingerprint density at radius 3 is 2.58 bits per heavy atom. The van der Waals surface area contributed by atoms with Crippen LogP contribution in [0.2, 0.25) is 0 Å². The standard InChI is InChI=1S/C17H25N3O4/c1-17(2,3)24-16(22)20-14-5-4-13(11-18-14)15(21)19-10-12-6-8-23-9-7-12/h4-5,11-12H,6-10H2,1-3H3,(H,19,21)(H,18,20,22). The Hall–Kier alpha value is -2.15. The second kappa shape index (κ2) is 8.10. The summed E-state index contributed by atoms with van der Waals surface area (Å²) in [7, 11) is 0. The van der Waals surface area contributed by atoms with E-state index in [1.54, 1.807) is 32.9 Å². The van der Waals surface area contributed by atoms with E-state index >= 15 is 0 Å². The minimum atomic E-state index is -0.577. The number of aromatic nitrogens is 1. The molecule has 0 aliphatic carbocycles. The van der Waals surface area contributed by atoms with Crippen molar-refractivity contribution < 1.29 is 19.1 Å². The van der Waals surface area contributed by atoms with Gasteiger partial charge >= 0.3 is 6.09 Å². The molecule has 2 amide bonds. The number of ether oxygens (including phenoxy) is 2. The predicted octanol–water partition coefficient (Wildman–Crippen LogP) is 2.59. The summed E-state index contributed by atoms with van der Waals surface area (Å²) in [6.45, 7) is 7.50. The molecule has 1 fully saturated rings. The molecule has 0 saturated carbocycles. The number of anilines is 1. The van der Waals surface area contributed by atoms with E-state index in [9.17, 15) is 9.59 Å². The van der Waals surface area contributed by atoms with Gasteiger partial charge in [-0.15, -0.1) is 0 Å². The molecule has 132 valence electrons. The molecular formula is C17H25N3O4. The SMILES string of the molecule is CC(C)(C)OC(=O)Nc1ccc(C(=O)NCC2CCOCC2)cn1. The largest absolute Gasteiger partial charge is 0.444 e. The first-order valence-electron chi connectivity index (χ1n) is 8.15. The zero-order chi connectivity index (χ0) is 17.6. The van der Waals surface area contributed by atoms with Crippen LogP contribution in [0.4, 0.5) is 10.6 Å². The molecule has 2 heterocycles. The summed E-state index contributed by atoms with van der Waals surface area (Å²) in [6.07, 6.45) is 2.80. The predicted molar refractivity (Wildman–Crippen MR) is 90.0 cm³/mol. The fourth-order valence-corrected chi connectivity index (χ4v) is 2.30. The lowest BCUT2D eigenvalue weighted by atomic mass is 10.0. The lowest BCUT2D eigenvalue weighted by molar-refractivity contribution is 0.0635. The minimum Gasteiger partial charge on any atom is -0.444 e. The molecule has 1 aromatic heterocycles. The van der Waals surface area contributed by atoms with Crippen molar-refractivity contribution in [2.75, 3.05) is 25.1 Å². The molecule has 0 radical (unpaired) electrons. The van der Waals surface area contributed by atoms with Crippen LogP contribution in [0.25, 0.3) is 0 Å². The van der Waals surface area contributed by atoms with Gasteiger partial charge in [-0.3, -0.25) is 10.1 Å². The molecule has 7 nitrogen and oxygen atoms in total.